The Morgan fingerprint density at radius 3 is 2.60 bits per heavy atom. The molecule has 1 N–H and O–H groups in total. The number of nitrogens with zero attached hydrogens (tertiary/aromatic N) is 1. The summed E-state index contributed by atoms with van der Waals surface area (Å²) in [6, 6.07) is 9.33. The molecule has 20 heavy (non-hydrogen) atoms. The highest BCUT2D eigenvalue weighted by Gasteiger charge is 2.38. The van der Waals surface area contributed by atoms with Crippen LogP contribution in [0.15, 0.2) is 60.2 Å². The Labute approximate surface area is 115 Å². The highest BCUT2D eigenvalue weighted by atomic mass is 16.7. The van der Waals surface area contributed by atoms with Gasteiger partial charge in [-0.2, -0.15) is 0 Å². The fourth-order valence-electron chi connectivity index (χ4n) is 1.77. The summed E-state index contributed by atoms with van der Waals surface area (Å²) in [6.45, 7) is 0. The first-order valence-corrected chi connectivity index (χ1v) is 6.05. The number of carbonyl (C=O) groups excluding carboxylic acids is 1. The van der Waals surface area contributed by atoms with Crippen LogP contribution in [0.2, 0.25) is 0 Å². The molecule has 0 amide bonds. The minimum atomic E-state index is -2.10. The summed E-state index contributed by atoms with van der Waals surface area (Å²) in [7, 11) is 0. The molecule has 0 aliphatic heterocycles. The topological polar surface area (TPSA) is 80.4 Å². The standard InChI is InChI=1S/C15H13NO4/c17-14(7-6-12-4-2-1-3-5-12)13-8-10-15(18,11-9-13)16(19)20/h1-10,18H,11H2. The molecule has 0 spiro atoms. The first-order chi connectivity index (χ1) is 9.51. The number of nitro groups is 1. The predicted octanol–water partition coefficient (Wildman–Crippen LogP) is 2.12. The molecule has 0 saturated heterocycles. The number of rotatable bonds is 4. The zero-order chi connectivity index (χ0) is 14.6. The fourth-order valence-corrected chi connectivity index (χ4v) is 1.77. The molecule has 102 valence electrons. The lowest BCUT2D eigenvalue weighted by Gasteiger charge is -2.16. The van der Waals surface area contributed by atoms with Crippen molar-refractivity contribution in [1.29, 1.82) is 0 Å². The molecule has 1 aromatic rings. The van der Waals surface area contributed by atoms with Crippen LogP contribution in [-0.4, -0.2) is 21.5 Å². The molecule has 0 saturated carbocycles. The maximum atomic E-state index is 11.9. The van der Waals surface area contributed by atoms with Gasteiger partial charge in [0.2, 0.25) is 0 Å². The molecule has 1 atom stereocenters. The SMILES string of the molecule is O=C(C=Cc1ccccc1)C1=CCC(O)([N+](=O)[O-])C=C1. The van der Waals surface area contributed by atoms with Crippen molar-refractivity contribution in [2.45, 2.75) is 12.1 Å². The van der Waals surface area contributed by atoms with Crippen molar-refractivity contribution < 1.29 is 14.8 Å². The third kappa shape index (κ3) is 3.07. The van der Waals surface area contributed by atoms with Crippen LogP contribution in [0.4, 0.5) is 0 Å². The van der Waals surface area contributed by atoms with Gasteiger partial charge >= 0.3 is 5.72 Å². The highest BCUT2D eigenvalue weighted by molar-refractivity contribution is 6.08. The molecule has 1 unspecified atom stereocenters. The second kappa shape index (κ2) is 5.63. The molecule has 0 aromatic heterocycles. The normalized spacial score (nSPS) is 21.8. The van der Waals surface area contributed by atoms with E-state index in [1.807, 2.05) is 30.3 Å². The minimum Gasteiger partial charge on any atom is -0.327 e. The van der Waals surface area contributed by atoms with Gasteiger partial charge in [0, 0.05) is 11.6 Å². The monoisotopic (exact) mass is 271 g/mol. The summed E-state index contributed by atoms with van der Waals surface area (Å²) in [4.78, 5) is 21.8. The van der Waals surface area contributed by atoms with Gasteiger partial charge in [-0.25, -0.2) is 0 Å². The first-order valence-electron chi connectivity index (χ1n) is 6.05. The van der Waals surface area contributed by atoms with Crippen LogP contribution in [0.5, 0.6) is 0 Å². The van der Waals surface area contributed by atoms with E-state index in [1.165, 1.54) is 18.2 Å². The van der Waals surface area contributed by atoms with E-state index in [4.69, 9.17) is 0 Å². The van der Waals surface area contributed by atoms with Gasteiger partial charge in [0.15, 0.2) is 5.78 Å². The molecule has 1 aliphatic carbocycles. The maximum Gasteiger partial charge on any atom is 0.345 e. The molecule has 1 aliphatic rings. The van der Waals surface area contributed by atoms with Gasteiger partial charge in [-0.05, 0) is 17.7 Å². The van der Waals surface area contributed by atoms with Crippen molar-refractivity contribution in [2.75, 3.05) is 0 Å². The number of hydrogen-bond acceptors (Lipinski definition) is 4. The molecule has 5 nitrogen and oxygen atoms in total. The fraction of sp³-hybridized carbons (Fsp3) is 0.133. The highest BCUT2D eigenvalue weighted by Crippen LogP contribution is 2.22. The molecular formula is C15H13NO4. The second-order valence-electron chi connectivity index (χ2n) is 4.44. The molecule has 1 aromatic carbocycles. The van der Waals surface area contributed by atoms with Crippen LogP contribution in [-0.2, 0) is 4.79 Å². The van der Waals surface area contributed by atoms with Crippen LogP contribution in [0.25, 0.3) is 6.08 Å². The smallest absolute Gasteiger partial charge is 0.327 e. The van der Waals surface area contributed by atoms with E-state index in [2.05, 4.69) is 0 Å². The van der Waals surface area contributed by atoms with Gasteiger partial charge in [-0.1, -0.05) is 42.5 Å². The lowest BCUT2D eigenvalue weighted by molar-refractivity contribution is -0.607. The largest absolute Gasteiger partial charge is 0.345 e. The quantitative estimate of drug-likeness (QED) is 0.393. The van der Waals surface area contributed by atoms with Crippen molar-refractivity contribution in [1.82, 2.24) is 0 Å². The number of ketones is 1. The van der Waals surface area contributed by atoms with Crippen LogP contribution in [0.3, 0.4) is 0 Å². The Morgan fingerprint density at radius 2 is 2.05 bits per heavy atom. The zero-order valence-corrected chi connectivity index (χ0v) is 10.6. The summed E-state index contributed by atoms with van der Waals surface area (Å²) >= 11 is 0. The minimum absolute atomic E-state index is 0.212. The third-order valence-corrected chi connectivity index (χ3v) is 2.98. The van der Waals surface area contributed by atoms with Crippen molar-refractivity contribution in [3.63, 3.8) is 0 Å². The number of aliphatic hydroxyl groups is 1. The van der Waals surface area contributed by atoms with E-state index in [-0.39, 0.29) is 12.2 Å². The number of hydrogen-bond donors (Lipinski definition) is 1. The Morgan fingerprint density at radius 1 is 1.35 bits per heavy atom. The van der Waals surface area contributed by atoms with Crippen molar-refractivity contribution in [2.24, 2.45) is 0 Å². The molecule has 0 bridgehead atoms. The molecule has 5 heteroatoms. The van der Waals surface area contributed by atoms with Gasteiger partial charge in [-0.15, -0.1) is 0 Å². The van der Waals surface area contributed by atoms with Gasteiger partial charge in [0.1, 0.15) is 0 Å². The summed E-state index contributed by atoms with van der Waals surface area (Å²) in [6.07, 6.45) is 6.56. The van der Waals surface area contributed by atoms with E-state index in [0.29, 0.717) is 5.57 Å². The van der Waals surface area contributed by atoms with Crippen LogP contribution < -0.4 is 0 Å². The molecule has 0 fully saturated rings. The number of allylic oxidation sites excluding steroid dienone is 3. The van der Waals surface area contributed by atoms with Gasteiger partial charge in [0.05, 0.1) is 11.3 Å². The van der Waals surface area contributed by atoms with Crippen molar-refractivity contribution in [3.8, 4) is 0 Å². The number of carbonyl (C=O) groups is 1. The van der Waals surface area contributed by atoms with Crippen LogP contribution in [0.1, 0.15) is 12.0 Å². The summed E-state index contributed by atoms with van der Waals surface area (Å²) < 4.78 is 0. The average molecular weight is 271 g/mol. The Kier molecular flexibility index (Phi) is 3.91. The average Bonchev–Trinajstić information content (AvgIpc) is 2.46. The van der Waals surface area contributed by atoms with Crippen molar-refractivity contribution >= 4 is 11.9 Å². The summed E-state index contributed by atoms with van der Waals surface area (Å²) in [5.41, 5.74) is -0.876. The lowest BCUT2D eigenvalue weighted by Crippen LogP contribution is -2.36. The van der Waals surface area contributed by atoms with Gasteiger partial charge in [-0.3, -0.25) is 14.9 Å². The Bertz CT molecular complexity index is 616. The van der Waals surface area contributed by atoms with Crippen LogP contribution >= 0.6 is 0 Å². The Balaban J connectivity index is 2.06. The lowest BCUT2D eigenvalue weighted by atomic mass is 9.97. The van der Waals surface area contributed by atoms with E-state index in [1.54, 1.807) is 6.08 Å². The third-order valence-electron chi connectivity index (χ3n) is 2.98. The molecule has 2 rings (SSSR count). The van der Waals surface area contributed by atoms with Crippen LogP contribution in [0, 0.1) is 10.1 Å². The molecular weight excluding hydrogens is 258 g/mol. The van der Waals surface area contributed by atoms with E-state index < -0.39 is 10.6 Å². The second-order valence-corrected chi connectivity index (χ2v) is 4.44. The number of benzene rings is 1. The molecule has 0 radical (unpaired) electrons. The Hall–Kier alpha value is -2.53. The summed E-state index contributed by atoms with van der Waals surface area (Å²) in [5, 5.41) is 20.2. The van der Waals surface area contributed by atoms with Gasteiger partial charge in [0.25, 0.3) is 0 Å². The maximum absolute atomic E-state index is 11.9. The zero-order valence-electron chi connectivity index (χ0n) is 10.6. The predicted molar refractivity (Wildman–Crippen MR) is 74.3 cm³/mol. The van der Waals surface area contributed by atoms with E-state index >= 15 is 0 Å². The van der Waals surface area contributed by atoms with Gasteiger partial charge < -0.3 is 5.11 Å². The van der Waals surface area contributed by atoms with E-state index in [9.17, 15) is 20.0 Å². The molecule has 0 heterocycles. The van der Waals surface area contributed by atoms with E-state index in [0.717, 1.165) is 11.6 Å². The van der Waals surface area contributed by atoms with Crippen molar-refractivity contribution in [3.05, 3.63) is 75.9 Å². The first kappa shape index (κ1) is 13.9. The summed E-state index contributed by atoms with van der Waals surface area (Å²) in [5.74, 6) is -0.254.